The van der Waals surface area contributed by atoms with Crippen LogP contribution in [0.1, 0.15) is 70.2 Å². The molecule has 28 heavy (non-hydrogen) atoms. The van der Waals surface area contributed by atoms with Crippen LogP contribution < -0.4 is 0 Å². The van der Waals surface area contributed by atoms with Crippen molar-refractivity contribution in [3.05, 3.63) is 47.5 Å². The molecule has 0 unspecified atom stereocenters. The number of carbonyl (C=O) groups excluding carboxylic acids is 1. The van der Waals surface area contributed by atoms with Gasteiger partial charge in [0.15, 0.2) is 11.4 Å². The maximum atomic E-state index is 14.0. The van der Waals surface area contributed by atoms with Gasteiger partial charge in [0.1, 0.15) is 6.33 Å². The Labute approximate surface area is 164 Å². The Morgan fingerprint density at radius 3 is 2.11 bits per heavy atom. The van der Waals surface area contributed by atoms with Crippen LogP contribution in [0.2, 0.25) is 0 Å². The average Bonchev–Trinajstić information content (AvgIpc) is 2.98. The highest BCUT2D eigenvalue weighted by atomic mass is 19.4. The van der Waals surface area contributed by atoms with Crippen LogP contribution in [0, 0.1) is 0 Å². The highest BCUT2D eigenvalue weighted by Gasteiger charge is 2.43. The number of rotatable bonds is 3. The molecule has 0 spiro atoms. The summed E-state index contributed by atoms with van der Waals surface area (Å²) in [6.07, 6.45) is -3.64. The average molecular weight is 395 g/mol. The molecule has 0 fully saturated rings. The third-order valence-corrected chi connectivity index (χ3v) is 4.58. The molecule has 0 radical (unpaired) electrons. The van der Waals surface area contributed by atoms with Crippen molar-refractivity contribution in [2.45, 2.75) is 65.6 Å². The van der Waals surface area contributed by atoms with E-state index in [-0.39, 0.29) is 12.0 Å². The lowest BCUT2D eigenvalue weighted by molar-refractivity contribution is -0.142. The highest BCUT2D eigenvalue weighted by molar-refractivity contribution is 5.94. The molecule has 154 valence electrons. The summed E-state index contributed by atoms with van der Waals surface area (Å²) in [4.78, 5) is 18.3. The van der Waals surface area contributed by atoms with Crippen LogP contribution in [0.5, 0.6) is 0 Å². The molecule has 0 saturated heterocycles. The quantitative estimate of drug-likeness (QED) is 0.693. The zero-order valence-electron chi connectivity index (χ0n) is 17.5. The number of imidazole rings is 1. The van der Waals surface area contributed by atoms with Crippen molar-refractivity contribution >= 4 is 5.91 Å². The zero-order valence-corrected chi connectivity index (χ0v) is 17.5. The molecule has 0 aliphatic carbocycles. The first-order chi connectivity index (χ1) is 12.7. The molecule has 4 nitrogen and oxygen atoms in total. The third-order valence-electron chi connectivity index (χ3n) is 4.58. The van der Waals surface area contributed by atoms with E-state index in [1.54, 1.807) is 52.0 Å². The molecule has 0 bridgehead atoms. The molecule has 0 atom stereocenters. The van der Waals surface area contributed by atoms with Crippen LogP contribution in [0.3, 0.4) is 0 Å². The van der Waals surface area contributed by atoms with Crippen LogP contribution in [0.25, 0.3) is 5.69 Å². The van der Waals surface area contributed by atoms with Gasteiger partial charge in [-0.3, -0.25) is 9.36 Å². The molecule has 0 aliphatic rings. The van der Waals surface area contributed by atoms with Gasteiger partial charge in [0.05, 0.1) is 5.69 Å². The minimum Gasteiger partial charge on any atom is -0.333 e. The second-order valence-corrected chi connectivity index (χ2v) is 8.80. The van der Waals surface area contributed by atoms with Crippen molar-refractivity contribution in [1.82, 2.24) is 14.5 Å². The Kier molecular flexibility index (Phi) is 5.70. The van der Waals surface area contributed by atoms with Crippen molar-refractivity contribution in [1.29, 1.82) is 0 Å². The fourth-order valence-electron chi connectivity index (χ4n) is 3.33. The van der Waals surface area contributed by atoms with Crippen LogP contribution in [0.15, 0.2) is 30.6 Å². The van der Waals surface area contributed by atoms with E-state index in [1.165, 1.54) is 4.90 Å². The molecule has 0 saturated carbocycles. The van der Waals surface area contributed by atoms with Crippen molar-refractivity contribution in [2.24, 2.45) is 0 Å². The van der Waals surface area contributed by atoms with E-state index >= 15 is 0 Å². The molecule has 7 heteroatoms. The van der Waals surface area contributed by atoms with Gasteiger partial charge in [0.2, 0.25) is 0 Å². The lowest BCUT2D eigenvalue weighted by Crippen LogP contribution is -2.46. The van der Waals surface area contributed by atoms with Gasteiger partial charge in [-0.05, 0) is 44.7 Å². The summed E-state index contributed by atoms with van der Waals surface area (Å²) in [5.74, 6) is -0.727. The standard InChI is InChI=1S/C21H28F3N3O/c1-8-27(20(5,6)7)18(28)16-17(21(22,23)24)26(13-25-16)15-12-10-9-11-14(15)19(2,3)4/h9-13H,8H2,1-7H3. The first-order valence-corrected chi connectivity index (χ1v) is 9.26. The number of aromatic nitrogens is 2. The van der Waals surface area contributed by atoms with Crippen molar-refractivity contribution in [3.63, 3.8) is 0 Å². The summed E-state index contributed by atoms with van der Waals surface area (Å²) >= 11 is 0. The summed E-state index contributed by atoms with van der Waals surface area (Å²) in [6.45, 7) is 13.2. The summed E-state index contributed by atoms with van der Waals surface area (Å²) < 4.78 is 43.1. The van der Waals surface area contributed by atoms with Gasteiger partial charge in [-0.1, -0.05) is 39.0 Å². The Morgan fingerprint density at radius 1 is 1.07 bits per heavy atom. The lowest BCUT2D eigenvalue weighted by atomic mass is 9.85. The number of carbonyl (C=O) groups is 1. The Balaban J connectivity index is 2.74. The largest absolute Gasteiger partial charge is 0.434 e. The van der Waals surface area contributed by atoms with E-state index in [0.29, 0.717) is 5.69 Å². The Bertz CT molecular complexity index is 855. The molecule has 0 aliphatic heterocycles. The number of alkyl halides is 3. The lowest BCUT2D eigenvalue weighted by Gasteiger charge is -2.34. The smallest absolute Gasteiger partial charge is 0.333 e. The fourth-order valence-corrected chi connectivity index (χ4v) is 3.33. The SMILES string of the molecule is CCN(C(=O)c1ncn(-c2ccccc2C(C)(C)C)c1C(F)(F)F)C(C)(C)C. The summed E-state index contributed by atoms with van der Waals surface area (Å²) in [6, 6.07) is 6.88. The van der Waals surface area contributed by atoms with Crippen molar-refractivity contribution < 1.29 is 18.0 Å². The third kappa shape index (κ3) is 4.23. The minimum absolute atomic E-state index is 0.283. The van der Waals surface area contributed by atoms with Gasteiger partial charge >= 0.3 is 6.18 Å². The molecule has 1 aromatic carbocycles. The van der Waals surface area contributed by atoms with Gasteiger partial charge in [-0.15, -0.1) is 0 Å². The molecule has 1 aromatic heterocycles. The first-order valence-electron chi connectivity index (χ1n) is 9.26. The monoisotopic (exact) mass is 395 g/mol. The van der Waals surface area contributed by atoms with E-state index < -0.39 is 29.0 Å². The molecule has 1 amide bonds. The summed E-state index contributed by atoms with van der Waals surface area (Å²) in [5.41, 5.74) is -1.52. The number of hydrogen-bond acceptors (Lipinski definition) is 2. The van der Waals surface area contributed by atoms with E-state index in [9.17, 15) is 18.0 Å². The number of hydrogen-bond donors (Lipinski definition) is 0. The van der Waals surface area contributed by atoms with Crippen molar-refractivity contribution in [3.8, 4) is 5.69 Å². The Hall–Kier alpha value is -2.31. The van der Waals surface area contributed by atoms with E-state index in [1.807, 2.05) is 20.8 Å². The maximum Gasteiger partial charge on any atom is 0.434 e. The van der Waals surface area contributed by atoms with E-state index in [0.717, 1.165) is 16.5 Å². The van der Waals surface area contributed by atoms with Gasteiger partial charge in [0, 0.05) is 12.1 Å². The topological polar surface area (TPSA) is 38.1 Å². The number of benzene rings is 1. The second-order valence-electron chi connectivity index (χ2n) is 8.80. The van der Waals surface area contributed by atoms with E-state index in [2.05, 4.69) is 4.98 Å². The Morgan fingerprint density at radius 2 is 1.64 bits per heavy atom. The minimum atomic E-state index is -4.73. The number of amides is 1. The predicted molar refractivity (Wildman–Crippen MR) is 104 cm³/mol. The van der Waals surface area contributed by atoms with Gasteiger partial charge < -0.3 is 4.90 Å². The zero-order chi connectivity index (χ0) is 21.5. The molecule has 1 heterocycles. The molecular weight excluding hydrogens is 367 g/mol. The maximum absolute atomic E-state index is 14.0. The van der Waals surface area contributed by atoms with Crippen molar-refractivity contribution in [2.75, 3.05) is 6.54 Å². The molecule has 2 rings (SSSR count). The van der Waals surface area contributed by atoms with Gasteiger partial charge in [-0.2, -0.15) is 13.2 Å². The molecule has 0 N–H and O–H groups in total. The molecular formula is C21H28F3N3O. The number of nitrogens with zero attached hydrogens (tertiary/aromatic N) is 3. The fraction of sp³-hybridized carbons (Fsp3) is 0.524. The second kappa shape index (κ2) is 7.26. The number of halogens is 3. The van der Waals surface area contributed by atoms with Crippen LogP contribution >= 0.6 is 0 Å². The first kappa shape index (κ1) is 22.0. The van der Waals surface area contributed by atoms with Gasteiger partial charge in [-0.25, -0.2) is 4.98 Å². The summed E-state index contributed by atoms with van der Waals surface area (Å²) in [5, 5.41) is 0. The number of para-hydroxylation sites is 1. The van der Waals surface area contributed by atoms with Crippen LogP contribution in [-0.2, 0) is 11.6 Å². The van der Waals surface area contributed by atoms with E-state index in [4.69, 9.17) is 0 Å². The molecule has 2 aromatic rings. The summed E-state index contributed by atoms with van der Waals surface area (Å²) in [7, 11) is 0. The predicted octanol–water partition coefficient (Wildman–Crippen LogP) is 5.45. The van der Waals surface area contributed by atoms with Gasteiger partial charge in [0.25, 0.3) is 5.91 Å². The van der Waals surface area contributed by atoms with Crippen LogP contribution in [-0.4, -0.2) is 32.4 Å². The normalized spacial score (nSPS) is 12.9. The highest BCUT2D eigenvalue weighted by Crippen LogP contribution is 2.37. The van der Waals surface area contributed by atoms with Crippen LogP contribution in [0.4, 0.5) is 13.2 Å².